The molecule has 1 aliphatic carbocycles. The van der Waals surface area contributed by atoms with Gasteiger partial charge in [-0.15, -0.1) is 0 Å². The van der Waals surface area contributed by atoms with E-state index in [1.165, 1.54) is 25.8 Å². The lowest BCUT2D eigenvalue weighted by molar-refractivity contribution is 0.101. The predicted octanol–water partition coefficient (Wildman–Crippen LogP) is 3.65. The van der Waals surface area contributed by atoms with Gasteiger partial charge in [0, 0.05) is 18.2 Å². The minimum Gasteiger partial charge on any atom is -0.366 e. The van der Waals surface area contributed by atoms with Gasteiger partial charge >= 0.3 is 0 Å². The van der Waals surface area contributed by atoms with Crippen LogP contribution in [-0.4, -0.2) is 18.4 Å². The number of anilines is 1. The Balaban J connectivity index is 2.26. The number of hydrogen-bond donors (Lipinski definition) is 0. The van der Waals surface area contributed by atoms with Crippen LogP contribution in [0.3, 0.4) is 0 Å². The van der Waals surface area contributed by atoms with Crippen molar-refractivity contribution >= 4 is 11.5 Å². The smallest absolute Gasteiger partial charge is 0.159 e. The SMILES string of the molecule is CC(=O)c1ccc(N(CC2CC2)C(C)C)c(F)c1. The highest BCUT2D eigenvalue weighted by Crippen LogP contribution is 2.33. The maximum absolute atomic E-state index is 14.1. The summed E-state index contributed by atoms with van der Waals surface area (Å²) in [6.07, 6.45) is 2.49. The van der Waals surface area contributed by atoms with Gasteiger partial charge in [-0.3, -0.25) is 4.79 Å². The molecule has 0 heterocycles. The van der Waals surface area contributed by atoms with Crippen LogP contribution in [0.25, 0.3) is 0 Å². The lowest BCUT2D eigenvalue weighted by atomic mass is 10.1. The Hall–Kier alpha value is -1.38. The summed E-state index contributed by atoms with van der Waals surface area (Å²) in [6, 6.07) is 5.06. The Bertz CT molecular complexity index is 452. The summed E-state index contributed by atoms with van der Waals surface area (Å²) in [5.41, 5.74) is 1.05. The van der Waals surface area contributed by atoms with Crippen molar-refractivity contribution in [2.75, 3.05) is 11.4 Å². The summed E-state index contributed by atoms with van der Waals surface area (Å²) >= 11 is 0. The molecular weight excluding hydrogens is 229 g/mol. The summed E-state index contributed by atoms with van der Waals surface area (Å²) in [5, 5.41) is 0. The van der Waals surface area contributed by atoms with E-state index in [9.17, 15) is 9.18 Å². The molecule has 0 spiro atoms. The summed E-state index contributed by atoms with van der Waals surface area (Å²) in [6.45, 7) is 6.51. The van der Waals surface area contributed by atoms with Crippen LogP contribution in [0.4, 0.5) is 10.1 Å². The molecule has 2 nitrogen and oxygen atoms in total. The first-order chi connectivity index (χ1) is 8.49. The van der Waals surface area contributed by atoms with Gasteiger partial charge in [0.1, 0.15) is 5.82 Å². The number of benzene rings is 1. The van der Waals surface area contributed by atoms with E-state index in [2.05, 4.69) is 18.7 Å². The second-order valence-electron chi connectivity index (χ2n) is 5.41. The minimum absolute atomic E-state index is 0.0984. The van der Waals surface area contributed by atoms with E-state index in [0.29, 0.717) is 17.2 Å². The van der Waals surface area contributed by atoms with Crippen molar-refractivity contribution in [3.63, 3.8) is 0 Å². The average molecular weight is 249 g/mol. The molecule has 1 fully saturated rings. The number of halogens is 1. The molecule has 1 saturated carbocycles. The van der Waals surface area contributed by atoms with Crippen LogP contribution < -0.4 is 4.90 Å². The van der Waals surface area contributed by atoms with E-state index in [-0.39, 0.29) is 17.6 Å². The molecule has 98 valence electrons. The Morgan fingerprint density at radius 3 is 2.56 bits per heavy atom. The second kappa shape index (κ2) is 5.09. The van der Waals surface area contributed by atoms with Gasteiger partial charge in [-0.1, -0.05) is 0 Å². The van der Waals surface area contributed by atoms with Gasteiger partial charge in [-0.05, 0) is 57.7 Å². The fourth-order valence-electron chi connectivity index (χ4n) is 2.12. The van der Waals surface area contributed by atoms with Crippen LogP contribution in [0, 0.1) is 11.7 Å². The zero-order chi connectivity index (χ0) is 13.3. The highest BCUT2D eigenvalue weighted by Gasteiger charge is 2.27. The molecule has 0 N–H and O–H groups in total. The molecule has 3 heteroatoms. The molecule has 0 bridgehead atoms. The molecule has 1 aromatic rings. The van der Waals surface area contributed by atoms with Crippen LogP contribution in [0.1, 0.15) is 44.0 Å². The third-order valence-electron chi connectivity index (χ3n) is 3.44. The first kappa shape index (κ1) is 13.1. The van der Waals surface area contributed by atoms with Gasteiger partial charge in [0.2, 0.25) is 0 Å². The summed E-state index contributed by atoms with van der Waals surface area (Å²) in [5.74, 6) is 0.315. The van der Waals surface area contributed by atoms with Crippen molar-refractivity contribution in [2.45, 2.75) is 39.7 Å². The van der Waals surface area contributed by atoms with Gasteiger partial charge in [0.25, 0.3) is 0 Å². The lowest BCUT2D eigenvalue weighted by Crippen LogP contribution is -2.33. The number of hydrogen-bond acceptors (Lipinski definition) is 2. The van der Waals surface area contributed by atoms with Gasteiger partial charge in [-0.25, -0.2) is 4.39 Å². The van der Waals surface area contributed by atoms with Gasteiger partial charge in [-0.2, -0.15) is 0 Å². The van der Waals surface area contributed by atoms with Crippen molar-refractivity contribution in [1.82, 2.24) is 0 Å². The van der Waals surface area contributed by atoms with Crippen molar-refractivity contribution < 1.29 is 9.18 Å². The van der Waals surface area contributed by atoms with Crippen molar-refractivity contribution in [3.05, 3.63) is 29.6 Å². The standard InChI is InChI=1S/C15H20FNO/c1-10(2)17(9-12-4-5-12)15-7-6-13(11(3)18)8-14(15)16/h6-8,10,12H,4-5,9H2,1-3H3. The second-order valence-corrected chi connectivity index (χ2v) is 5.41. The van der Waals surface area contributed by atoms with E-state index in [0.717, 1.165) is 6.54 Å². The Kier molecular flexibility index (Phi) is 3.69. The largest absolute Gasteiger partial charge is 0.366 e. The zero-order valence-electron chi connectivity index (χ0n) is 11.2. The molecule has 0 aromatic heterocycles. The van der Waals surface area contributed by atoms with Gasteiger partial charge in [0.15, 0.2) is 5.78 Å². The maximum atomic E-state index is 14.1. The van der Waals surface area contributed by atoms with E-state index < -0.39 is 0 Å². The van der Waals surface area contributed by atoms with Crippen LogP contribution >= 0.6 is 0 Å². The molecule has 0 atom stereocenters. The number of nitrogens with zero attached hydrogens (tertiary/aromatic N) is 1. The van der Waals surface area contributed by atoms with Crippen molar-refractivity contribution in [3.8, 4) is 0 Å². The molecule has 0 radical (unpaired) electrons. The maximum Gasteiger partial charge on any atom is 0.159 e. The summed E-state index contributed by atoms with van der Waals surface area (Å²) < 4.78 is 14.1. The van der Waals surface area contributed by atoms with E-state index in [1.807, 2.05) is 0 Å². The molecule has 0 unspecified atom stereocenters. The lowest BCUT2D eigenvalue weighted by Gasteiger charge is -2.29. The monoisotopic (exact) mass is 249 g/mol. The van der Waals surface area contributed by atoms with Crippen molar-refractivity contribution in [2.24, 2.45) is 5.92 Å². The van der Waals surface area contributed by atoms with E-state index >= 15 is 0 Å². The highest BCUT2D eigenvalue weighted by atomic mass is 19.1. The van der Waals surface area contributed by atoms with E-state index in [4.69, 9.17) is 0 Å². The molecule has 18 heavy (non-hydrogen) atoms. The predicted molar refractivity (Wildman–Crippen MR) is 71.6 cm³/mol. The zero-order valence-corrected chi connectivity index (χ0v) is 11.2. The first-order valence-electron chi connectivity index (χ1n) is 6.56. The molecule has 0 saturated heterocycles. The van der Waals surface area contributed by atoms with Crippen molar-refractivity contribution in [1.29, 1.82) is 0 Å². The highest BCUT2D eigenvalue weighted by molar-refractivity contribution is 5.94. The van der Waals surface area contributed by atoms with Crippen LogP contribution in [0.2, 0.25) is 0 Å². The number of Topliss-reactive ketones (excluding diaryl/α,β-unsaturated/α-hetero) is 1. The minimum atomic E-state index is -0.294. The van der Waals surface area contributed by atoms with Crippen LogP contribution in [0.5, 0.6) is 0 Å². The van der Waals surface area contributed by atoms with Crippen LogP contribution in [-0.2, 0) is 0 Å². The van der Waals surface area contributed by atoms with E-state index in [1.54, 1.807) is 12.1 Å². The summed E-state index contributed by atoms with van der Waals surface area (Å²) in [7, 11) is 0. The normalized spacial score (nSPS) is 14.9. The molecule has 1 aliphatic rings. The Morgan fingerprint density at radius 2 is 2.11 bits per heavy atom. The van der Waals surface area contributed by atoms with Crippen LogP contribution in [0.15, 0.2) is 18.2 Å². The Labute approximate surface area is 108 Å². The molecule has 1 aromatic carbocycles. The molecule has 0 amide bonds. The van der Waals surface area contributed by atoms with Gasteiger partial charge in [0.05, 0.1) is 5.69 Å². The van der Waals surface area contributed by atoms with Gasteiger partial charge < -0.3 is 4.90 Å². The number of rotatable bonds is 5. The Morgan fingerprint density at radius 1 is 1.44 bits per heavy atom. The summed E-state index contributed by atoms with van der Waals surface area (Å²) in [4.78, 5) is 13.3. The molecule has 0 aliphatic heterocycles. The number of carbonyl (C=O) groups excluding carboxylic acids is 1. The average Bonchev–Trinajstić information content (AvgIpc) is 3.09. The number of ketones is 1. The molecular formula is C15H20FNO. The third kappa shape index (κ3) is 2.89. The fraction of sp³-hybridized carbons (Fsp3) is 0.533. The topological polar surface area (TPSA) is 20.3 Å². The third-order valence-corrected chi connectivity index (χ3v) is 3.44. The number of carbonyl (C=O) groups is 1. The quantitative estimate of drug-likeness (QED) is 0.742. The molecule has 2 rings (SSSR count). The fourth-order valence-corrected chi connectivity index (χ4v) is 2.12. The first-order valence-corrected chi connectivity index (χ1v) is 6.56.